The number of anilines is 3. The lowest BCUT2D eigenvalue weighted by Gasteiger charge is -2.16. The molecule has 1 fully saturated rings. The van der Waals surface area contributed by atoms with Gasteiger partial charge in [-0.1, -0.05) is 6.07 Å². The molecule has 110 valence electrons. The summed E-state index contributed by atoms with van der Waals surface area (Å²) in [5, 5.41) is 3.44. The van der Waals surface area contributed by atoms with Crippen molar-refractivity contribution >= 4 is 29.2 Å². The minimum atomic E-state index is 0.221. The number of nitrogens with zero attached hydrogens (tertiary/aromatic N) is 4. The largest absolute Gasteiger partial charge is 0.341 e. The zero-order chi connectivity index (χ0) is 14.8. The molecule has 21 heavy (non-hydrogen) atoms. The van der Waals surface area contributed by atoms with Crippen LogP contribution in [0.25, 0.3) is 0 Å². The molecule has 1 saturated heterocycles. The molecule has 0 radical (unpaired) electrons. The van der Waals surface area contributed by atoms with Crippen molar-refractivity contribution in [2.75, 3.05) is 23.3 Å². The Labute approximate surface area is 129 Å². The van der Waals surface area contributed by atoms with E-state index in [4.69, 9.17) is 11.6 Å². The molecule has 0 amide bonds. The number of aromatic nitrogens is 3. The zero-order valence-electron chi connectivity index (χ0n) is 12.2. The van der Waals surface area contributed by atoms with Gasteiger partial charge in [-0.2, -0.15) is 15.0 Å². The average molecular weight is 304 g/mol. The van der Waals surface area contributed by atoms with Crippen molar-refractivity contribution in [3.05, 3.63) is 34.6 Å². The molecular weight excluding hydrogens is 286 g/mol. The second kappa shape index (κ2) is 5.85. The number of hydrogen-bond donors (Lipinski definition) is 1. The van der Waals surface area contributed by atoms with Gasteiger partial charge in [-0.15, -0.1) is 0 Å². The third-order valence-corrected chi connectivity index (χ3v) is 3.63. The Kier molecular flexibility index (Phi) is 3.92. The van der Waals surface area contributed by atoms with Gasteiger partial charge in [0.15, 0.2) is 0 Å². The van der Waals surface area contributed by atoms with Gasteiger partial charge < -0.3 is 10.2 Å². The average Bonchev–Trinajstić information content (AvgIpc) is 2.90. The number of halogens is 1. The molecule has 3 rings (SSSR count). The molecule has 2 aromatic rings. The van der Waals surface area contributed by atoms with Gasteiger partial charge in [-0.3, -0.25) is 0 Å². The first-order chi connectivity index (χ1) is 10.1. The maximum absolute atomic E-state index is 6.03. The van der Waals surface area contributed by atoms with E-state index in [1.54, 1.807) is 0 Å². The molecule has 1 aromatic heterocycles. The smallest absolute Gasteiger partial charge is 0.233 e. The fourth-order valence-corrected chi connectivity index (χ4v) is 2.79. The number of aryl methyl sites for hydroxylation is 2. The van der Waals surface area contributed by atoms with Crippen LogP contribution in [0.4, 0.5) is 17.6 Å². The fourth-order valence-electron chi connectivity index (χ4n) is 2.63. The van der Waals surface area contributed by atoms with Crippen LogP contribution in [-0.4, -0.2) is 28.0 Å². The third-order valence-electron chi connectivity index (χ3n) is 3.46. The summed E-state index contributed by atoms with van der Waals surface area (Å²) in [6, 6.07) is 6.24. The van der Waals surface area contributed by atoms with Crippen LogP contribution in [0.2, 0.25) is 5.28 Å². The maximum atomic E-state index is 6.03. The molecule has 0 saturated carbocycles. The van der Waals surface area contributed by atoms with E-state index in [1.165, 1.54) is 24.0 Å². The minimum Gasteiger partial charge on any atom is -0.341 e. The van der Waals surface area contributed by atoms with Gasteiger partial charge in [0.1, 0.15) is 0 Å². The Morgan fingerprint density at radius 3 is 2.33 bits per heavy atom. The van der Waals surface area contributed by atoms with Crippen LogP contribution >= 0.6 is 11.6 Å². The van der Waals surface area contributed by atoms with Crippen molar-refractivity contribution in [1.29, 1.82) is 0 Å². The lowest BCUT2D eigenvalue weighted by molar-refractivity contribution is 0.883. The van der Waals surface area contributed by atoms with Crippen molar-refractivity contribution in [3.8, 4) is 0 Å². The molecule has 2 heterocycles. The molecule has 6 heteroatoms. The molecule has 0 bridgehead atoms. The summed E-state index contributed by atoms with van der Waals surface area (Å²) in [6.45, 7) is 6.08. The van der Waals surface area contributed by atoms with E-state index in [9.17, 15) is 0 Å². The molecule has 1 aliphatic rings. The Hall–Kier alpha value is -1.88. The molecule has 1 aliphatic heterocycles. The van der Waals surface area contributed by atoms with Crippen LogP contribution in [0, 0.1) is 13.8 Å². The van der Waals surface area contributed by atoms with Crippen LogP contribution in [0.3, 0.4) is 0 Å². The summed E-state index contributed by atoms with van der Waals surface area (Å²) < 4.78 is 0. The molecule has 1 aromatic carbocycles. The van der Waals surface area contributed by atoms with E-state index in [1.807, 2.05) is 0 Å². The Morgan fingerprint density at radius 2 is 1.67 bits per heavy atom. The first-order valence-corrected chi connectivity index (χ1v) is 7.50. The van der Waals surface area contributed by atoms with Crippen molar-refractivity contribution in [2.45, 2.75) is 26.7 Å². The summed E-state index contributed by atoms with van der Waals surface area (Å²) in [5.41, 5.74) is 3.34. The van der Waals surface area contributed by atoms with E-state index in [2.05, 4.69) is 57.2 Å². The van der Waals surface area contributed by atoms with Gasteiger partial charge in [0.25, 0.3) is 0 Å². The highest BCUT2D eigenvalue weighted by molar-refractivity contribution is 6.28. The quantitative estimate of drug-likeness (QED) is 0.940. The molecule has 0 unspecified atom stereocenters. The molecule has 0 atom stereocenters. The lowest BCUT2D eigenvalue weighted by Crippen LogP contribution is -2.21. The molecule has 1 N–H and O–H groups in total. The fraction of sp³-hybridized carbons (Fsp3) is 0.400. The zero-order valence-corrected chi connectivity index (χ0v) is 13.0. The molecular formula is C15H18ClN5. The second-order valence-electron chi connectivity index (χ2n) is 5.42. The Balaban J connectivity index is 1.87. The third kappa shape index (κ3) is 3.42. The van der Waals surface area contributed by atoms with Crippen LogP contribution < -0.4 is 10.2 Å². The van der Waals surface area contributed by atoms with Gasteiger partial charge in [0.05, 0.1) is 0 Å². The highest BCUT2D eigenvalue weighted by Gasteiger charge is 2.17. The van der Waals surface area contributed by atoms with E-state index >= 15 is 0 Å². The number of rotatable bonds is 3. The van der Waals surface area contributed by atoms with Crippen LogP contribution in [0.5, 0.6) is 0 Å². The summed E-state index contributed by atoms with van der Waals surface area (Å²) in [6.07, 6.45) is 2.34. The highest BCUT2D eigenvalue weighted by Crippen LogP contribution is 2.22. The van der Waals surface area contributed by atoms with Gasteiger partial charge in [-0.25, -0.2) is 0 Å². The summed E-state index contributed by atoms with van der Waals surface area (Å²) in [5.74, 6) is 1.14. The molecule has 5 nitrogen and oxygen atoms in total. The van der Waals surface area contributed by atoms with E-state index in [0.29, 0.717) is 11.9 Å². The van der Waals surface area contributed by atoms with Gasteiger partial charge in [0.2, 0.25) is 17.2 Å². The van der Waals surface area contributed by atoms with Gasteiger partial charge >= 0.3 is 0 Å². The number of nitrogens with one attached hydrogen (secondary N) is 1. The first-order valence-electron chi connectivity index (χ1n) is 7.12. The second-order valence-corrected chi connectivity index (χ2v) is 5.76. The maximum Gasteiger partial charge on any atom is 0.233 e. The number of benzene rings is 1. The van der Waals surface area contributed by atoms with Crippen LogP contribution in [-0.2, 0) is 0 Å². The number of hydrogen-bond acceptors (Lipinski definition) is 5. The summed E-state index contributed by atoms with van der Waals surface area (Å²) in [4.78, 5) is 15.0. The standard InChI is InChI=1S/C15H18ClN5/c1-10-7-11(2)9-12(8-10)17-14-18-13(16)19-15(20-14)21-5-3-4-6-21/h7-9H,3-6H2,1-2H3,(H,17,18,19,20). The highest BCUT2D eigenvalue weighted by atomic mass is 35.5. The topological polar surface area (TPSA) is 53.9 Å². The van der Waals surface area contributed by atoms with Crippen molar-refractivity contribution < 1.29 is 0 Å². The molecule has 0 spiro atoms. The van der Waals surface area contributed by atoms with Gasteiger partial charge in [-0.05, 0) is 61.5 Å². The molecule has 0 aliphatic carbocycles. The first kappa shape index (κ1) is 14.1. The summed E-state index contributed by atoms with van der Waals surface area (Å²) in [7, 11) is 0. The Bertz CT molecular complexity index is 632. The van der Waals surface area contributed by atoms with Crippen molar-refractivity contribution in [3.63, 3.8) is 0 Å². The SMILES string of the molecule is Cc1cc(C)cc(Nc2nc(Cl)nc(N3CCCC3)n2)c1. The van der Waals surface area contributed by atoms with E-state index in [0.717, 1.165) is 18.8 Å². The van der Waals surface area contributed by atoms with Gasteiger partial charge in [0, 0.05) is 18.8 Å². The monoisotopic (exact) mass is 303 g/mol. The van der Waals surface area contributed by atoms with E-state index in [-0.39, 0.29) is 5.28 Å². The minimum absolute atomic E-state index is 0.221. The van der Waals surface area contributed by atoms with Crippen molar-refractivity contribution in [2.24, 2.45) is 0 Å². The Morgan fingerprint density at radius 1 is 1.00 bits per heavy atom. The normalized spacial score (nSPS) is 14.5. The van der Waals surface area contributed by atoms with E-state index < -0.39 is 0 Å². The van der Waals surface area contributed by atoms with Crippen LogP contribution in [0.15, 0.2) is 18.2 Å². The van der Waals surface area contributed by atoms with Crippen molar-refractivity contribution in [1.82, 2.24) is 15.0 Å². The predicted molar refractivity (Wildman–Crippen MR) is 85.5 cm³/mol. The van der Waals surface area contributed by atoms with Crippen LogP contribution in [0.1, 0.15) is 24.0 Å². The predicted octanol–water partition coefficient (Wildman–Crippen LogP) is 3.49. The lowest BCUT2D eigenvalue weighted by atomic mass is 10.1. The summed E-state index contributed by atoms with van der Waals surface area (Å²) >= 11 is 6.03.